The van der Waals surface area contributed by atoms with Gasteiger partial charge in [-0.15, -0.1) is 11.3 Å². The zero-order valence-corrected chi connectivity index (χ0v) is 13.6. The van der Waals surface area contributed by atoms with Crippen molar-refractivity contribution in [2.75, 3.05) is 28.4 Å². The molecular formula is C16H21NO3S. The summed E-state index contributed by atoms with van der Waals surface area (Å²) in [4.78, 5) is 1.34. The summed E-state index contributed by atoms with van der Waals surface area (Å²) >= 11 is 1.76. The minimum atomic E-state index is 0.192. The Labute approximate surface area is 129 Å². The molecule has 114 valence electrons. The van der Waals surface area contributed by atoms with Gasteiger partial charge in [0.25, 0.3) is 0 Å². The van der Waals surface area contributed by atoms with Crippen molar-refractivity contribution in [3.8, 4) is 17.2 Å². The van der Waals surface area contributed by atoms with Crippen LogP contribution in [-0.4, -0.2) is 28.4 Å². The molecule has 0 fully saturated rings. The van der Waals surface area contributed by atoms with Gasteiger partial charge in [-0.25, -0.2) is 0 Å². The summed E-state index contributed by atoms with van der Waals surface area (Å²) in [5.41, 5.74) is 1.11. The van der Waals surface area contributed by atoms with Gasteiger partial charge in [-0.2, -0.15) is 0 Å². The van der Waals surface area contributed by atoms with E-state index < -0.39 is 0 Å². The topological polar surface area (TPSA) is 39.7 Å². The molecule has 1 aromatic heterocycles. The molecule has 5 heteroatoms. The molecule has 0 amide bonds. The van der Waals surface area contributed by atoms with Crippen molar-refractivity contribution in [1.82, 2.24) is 5.32 Å². The van der Waals surface area contributed by atoms with Gasteiger partial charge in [-0.1, -0.05) is 6.07 Å². The molecule has 0 aliphatic heterocycles. The van der Waals surface area contributed by atoms with Crippen LogP contribution in [0.25, 0.3) is 0 Å². The lowest BCUT2D eigenvalue weighted by atomic mass is 10.0. The summed E-state index contributed by atoms with van der Waals surface area (Å²) in [6.07, 6.45) is 0.923. The second kappa shape index (κ2) is 7.33. The third-order valence-corrected chi connectivity index (χ3v) is 4.32. The quantitative estimate of drug-likeness (QED) is 0.852. The van der Waals surface area contributed by atoms with Crippen LogP contribution >= 0.6 is 11.3 Å². The highest BCUT2D eigenvalue weighted by atomic mass is 32.1. The van der Waals surface area contributed by atoms with Gasteiger partial charge in [0.15, 0.2) is 11.5 Å². The zero-order valence-electron chi connectivity index (χ0n) is 12.8. The number of hydrogen-bond donors (Lipinski definition) is 1. The Hall–Kier alpha value is -1.72. The smallest absolute Gasteiger partial charge is 0.203 e. The highest BCUT2D eigenvalue weighted by Gasteiger charge is 2.18. The summed E-state index contributed by atoms with van der Waals surface area (Å²) in [6, 6.07) is 8.40. The van der Waals surface area contributed by atoms with E-state index in [1.165, 1.54) is 4.88 Å². The summed E-state index contributed by atoms with van der Waals surface area (Å²) in [7, 11) is 6.84. The van der Waals surface area contributed by atoms with Crippen molar-refractivity contribution < 1.29 is 14.2 Å². The maximum absolute atomic E-state index is 5.42. The first-order valence-electron chi connectivity index (χ1n) is 6.73. The molecule has 1 aromatic carbocycles. The first-order chi connectivity index (χ1) is 10.2. The van der Waals surface area contributed by atoms with Crippen molar-refractivity contribution >= 4 is 11.3 Å². The Morgan fingerprint density at radius 1 is 1.10 bits per heavy atom. The second-order valence-corrected chi connectivity index (χ2v) is 5.62. The van der Waals surface area contributed by atoms with E-state index in [2.05, 4.69) is 22.8 Å². The summed E-state index contributed by atoms with van der Waals surface area (Å²) in [5.74, 6) is 1.98. The molecule has 4 nitrogen and oxygen atoms in total. The van der Waals surface area contributed by atoms with Crippen LogP contribution in [0.15, 0.2) is 29.6 Å². The van der Waals surface area contributed by atoms with Gasteiger partial charge >= 0.3 is 0 Å². The van der Waals surface area contributed by atoms with E-state index in [0.29, 0.717) is 17.2 Å². The van der Waals surface area contributed by atoms with E-state index in [-0.39, 0.29) is 6.04 Å². The molecule has 0 bridgehead atoms. The van der Waals surface area contributed by atoms with Gasteiger partial charge in [0.1, 0.15) is 0 Å². The third-order valence-electron chi connectivity index (χ3n) is 3.42. The van der Waals surface area contributed by atoms with Crippen LogP contribution in [0.2, 0.25) is 0 Å². The second-order valence-electron chi connectivity index (χ2n) is 4.58. The SMILES string of the molecule is CNC(Cc1cccs1)c1cc(OC)c(OC)c(OC)c1. The van der Waals surface area contributed by atoms with Crippen molar-refractivity contribution in [2.45, 2.75) is 12.5 Å². The molecule has 2 rings (SSSR count). The van der Waals surface area contributed by atoms with Crippen molar-refractivity contribution in [3.63, 3.8) is 0 Å². The van der Waals surface area contributed by atoms with Crippen LogP contribution in [0, 0.1) is 0 Å². The van der Waals surface area contributed by atoms with Crippen LogP contribution < -0.4 is 19.5 Å². The van der Waals surface area contributed by atoms with Crippen LogP contribution in [-0.2, 0) is 6.42 Å². The number of rotatable bonds is 7. The monoisotopic (exact) mass is 307 g/mol. The number of nitrogens with one attached hydrogen (secondary N) is 1. The van der Waals surface area contributed by atoms with Gasteiger partial charge in [-0.05, 0) is 36.2 Å². The molecule has 0 aliphatic rings. The molecule has 1 N–H and O–H groups in total. The van der Waals surface area contributed by atoms with Gasteiger partial charge in [-0.3, -0.25) is 0 Å². The first kappa shape index (κ1) is 15.7. The van der Waals surface area contributed by atoms with Crippen LogP contribution in [0.4, 0.5) is 0 Å². The van der Waals surface area contributed by atoms with Gasteiger partial charge < -0.3 is 19.5 Å². The molecular weight excluding hydrogens is 286 g/mol. The predicted octanol–water partition coefficient (Wildman–Crippen LogP) is 3.28. The molecule has 0 aliphatic carbocycles. The first-order valence-corrected chi connectivity index (χ1v) is 7.61. The number of benzene rings is 1. The Bertz CT molecular complexity index is 544. The van der Waals surface area contributed by atoms with Gasteiger partial charge in [0.05, 0.1) is 21.3 Å². The number of ether oxygens (including phenoxy) is 3. The Morgan fingerprint density at radius 2 is 1.76 bits per heavy atom. The van der Waals surface area contributed by atoms with Gasteiger partial charge in [0, 0.05) is 17.3 Å². The molecule has 0 saturated heterocycles. The lowest BCUT2D eigenvalue weighted by Gasteiger charge is -2.20. The Balaban J connectivity index is 2.36. The third kappa shape index (κ3) is 3.49. The van der Waals surface area contributed by atoms with E-state index in [1.807, 2.05) is 19.2 Å². The number of methoxy groups -OCH3 is 3. The maximum Gasteiger partial charge on any atom is 0.203 e. The number of likely N-dealkylation sites (N-methyl/N-ethyl adjacent to an activating group) is 1. The highest BCUT2D eigenvalue weighted by molar-refractivity contribution is 7.09. The minimum Gasteiger partial charge on any atom is -0.493 e. The lowest BCUT2D eigenvalue weighted by Crippen LogP contribution is -2.18. The lowest BCUT2D eigenvalue weighted by molar-refractivity contribution is 0.323. The van der Waals surface area contributed by atoms with Crippen LogP contribution in [0.3, 0.4) is 0 Å². The number of thiophene rings is 1. The Morgan fingerprint density at radius 3 is 2.19 bits per heavy atom. The van der Waals surface area contributed by atoms with Crippen LogP contribution in [0.5, 0.6) is 17.2 Å². The molecule has 21 heavy (non-hydrogen) atoms. The van der Waals surface area contributed by atoms with Crippen LogP contribution in [0.1, 0.15) is 16.5 Å². The minimum absolute atomic E-state index is 0.192. The van der Waals surface area contributed by atoms with Crippen molar-refractivity contribution in [2.24, 2.45) is 0 Å². The predicted molar refractivity (Wildman–Crippen MR) is 85.9 cm³/mol. The molecule has 2 aromatic rings. The van der Waals surface area contributed by atoms with Crippen molar-refractivity contribution in [1.29, 1.82) is 0 Å². The highest BCUT2D eigenvalue weighted by Crippen LogP contribution is 2.40. The summed E-state index contributed by atoms with van der Waals surface area (Å²) in [5, 5.41) is 5.45. The van der Waals surface area contributed by atoms with E-state index in [4.69, 9.17) is 14.2 Å². The fraction of sp³-hybridized carbons (Fsp3) is 0.375. The molecule has 1 unspecified atom stereocenters. The fourth-order valence-corrected chi connectivity index (χ4v) is 3.07. The normalized spacial score (nSPS) is 12.0. The fourth-order valence-electron chi connectivity index (χ4n) is 2.32. The average Bonchev–Trinajstić information content (AvgIpc) is 3.04. The van der Waals surface area contributed by atoms with E-state index in [9.17, 15) is 0 Å². The largest absolute Gasteiger partial charge is 0.493 e. The maximum atomic E-state index is 5.42. The summed E-state index contributed by atoms with van der Waals surface area (Å²) < 4.78 is 16.2. The van der Waals surface area contributed by atoms with Gasteiger partial charge in [0.2, 0.25) is 5.75 Å². The van der Waals surface area contributed by atoms with E-state index in [0.717, 1.165) is 12.0 Å². The molecule has 1 heterocycles. The zero-order chi connectivity index (χ0) is 15.2. The average molecular weight is 307 g/mol. The van der Waals surface area contributed by atoms with E-state index >= 15 is 0 Å². The summed E-state index contributed by atoms with van der Waals surface area (Å²) in [6.45, 7) is 0. The molecule has 0 saturated carbocycles. The Kier molecular flexibility index (Phi) is 5.47. The molecule has 1 atom stereocenters. The molecule has 0 spiro atoms. The standard InChI is InChI=1S/C16H21NO3S/c1-17-13(10-12-6-5-7-21-12)11-8-14(18-2)16(20-4)15(9-11)19-3/h5-9,13,17H,10H2,1-4H3. The number of hydrogen-bond acceptors (Lipinski definition) is 5. The van der Waals surface area contributed by atoms with Crippen molar-refractivity contribution in [3.05, 3.63) is 40.1 Å². The molecule has 0 radical (unpaired) electrons. The van der Waals surface area contributed by atoms with E-state index in [1.54, 1.807) is 32.7 Å².